The number of nitrogens with zero attached hydrogens (tertiary/aromatic N) is 1. The second-order valence-electron chi connectivity index (χ2n) is 6.41. The van der Waals surface area contributed by atoms with Crippen LogP contribution >= 0.6 is 27.3 Å². The molecule has 0 spiro atoms. The van der Waals surface area contributed by atoms with Gasteiger partial charge in [-0.05, 0) is 30.3 Å². The fourth-order valence-electron chi connectivity index (χ4n) is 2.90. The zero-order valence-electron chi connectivity index (χ0n) is 15.8. The topological polar surface area (TPSA) is 68.3 Å². The highest BCUT2D eigenvalue weighted by Gasteiger charge is 2.13. The molecule has 0 saturated heterocycles. The van der Waals surface area contributed by atoms with Crippen LogP contribution in [0.4, 0.5) is 5.13 Å². The number of carbonyl (C=O) groups excluding carboxylic acids is 2. The van der Waals surface area contributed by atoms with Crippen molar-refractivity contribution in [1.82, 2.24) is 4.98 Å². The summed E-state index contributed by atoms with van der Waals surface area (Å²) in [5.74, 6) is 0.414. The number of fused-ring (bicyclic) bond motifs is 1. The Morgan fingerprint density at radius 1 is 0.933 bits per heavy atom. The van der Waals surface area contributed by atoms with E-state index in [4.69, 9.17) is 4.74 Å². The Balaban J connectivity index is 1.46. The number of ketones is 1. The first-order valence-corrected chi connectivity index (χ1v) is 11.2. The van der Waals surface area contributed by atoms with Crippen LogP contribution in [-0.4, -0.2) is 28.6 Å². The van der Waals surface area contributed by atoms with E-state index in [9.17, 15) is 9.59 Å². The first-order valence-electron chi connectivity index (χ1n) is 9.24. The number of benzene rings is 3. The Morgan fingerprint density at radius 3 is 2.37 bits per heavy atom. The summed E-state index contributed by atoms with van der Waals surface area (Å²) in [5, 5.41) is 4.09. The third-order valence-corrected chi connectivity index (χ3v) is 5.63. The van der Waals surface area contributed by atoms with Crippen LogP contribution in [0.3, 0.4) is 0 Å². The van der Waals surface area contributed by atoms with Gasteiger partial charge < -0.3 is 4.74 Å². The van der Waals surface area contributed by atoms with Crippen LogP contribution in [0.2, 0.25) is 0 Å². The monoisotopic (exact) mass is 480 g/mol. The van der Waals surface area contributed by atoms with Crippen molar-refractivity contribution >= 4 is 54.3 Å². The number of anilines is 1. The highest BCUT2D eigenvalue weighted by atomic mass is 79.9. The molecule has 0 aliphatic carbocycles. The largest absolute Gasteiger partial charge is 0.493 e. The average Bonchev–Trinajstić information content (AvgIpc) is 3.19. The number of alkyl halides is 1. The predicted molar refractivity (Wildman–Crippen MR) is 123 cm³/mol. The van der Waals surface area contributed by atoms with E-state index < -0.39 is 0 Å². The number of nitrogens with one attached hydrogen (secondary N) is 1. The molecule has 0 fully saturated rings. The van der Waals surface area contributed by atoms with Gasteiger partial charge in [0.2, 0.25) is 0 Å². The molecular formula is C23H17BrN2O3S. The molecule has 1 amide bonds. The highest BCUT2D eigenvalue weighted by Crippen LogP contribution is 2.29. The van der Waals surface area contributed by atoms with Crippen molar-refractivity contribution in [3.05, 3.63) is 89.5 Å². The summed E-state index contributed by atoms with van der Waals surface area (Å²) >= 11 is 4.72. The summed E-state index contributed by atoms with van der Waals surface area (Å²) in [6, 6.07) is 21.3. The average molecular weight is 481 g/mol. The molecule has 0 atom stereocenters. The van der Waals surface area contributed by atoms with E-state index in [1.807, 2.05) is 36.4 Å². The van der Waals surface area contributed by atoms with Crippen molar-refractivity contribution in [3.8, 4) is 5.75 Å². The van der Waals surface area contributed by atoms with E-state index in [2.05, 4.69) is 26.2 Å². The van der Waals surface area contributed by atoms with E-state index in [-0.39, 0.29) is 11.7 Å². The van der Waals surface area contributed by atoms with Gasteiger partial charge in [0.25, 0.3) is 5.91 Å². The number of halogens is 1. The molecule has 4 aromatic rings. The van der Waals surface area contributed by atoms with Crippen LogP contribution < -0.4 is 10.1 Å². The van der Waals surface area contributed by atoms with Crippen molar-refractivity contribution in [2.24, 2.45) is 0 Å². The van der Waals surface area contributed by atoms with Gasteiger partial charge in [-0.2, -0.15) is 0 Å². The maximum atomic E-state index is 12.6. The van der Waals surface area contributed by atoms with Gasteiger partial charge in [0.05, 0.1) is 16.8 Å². The van der Waals surface area contributed by atoms with Gasteiger partial charge in [-0.25, -0.2) is 4.98 Å². The third-order valence-electron chi connectivity index (χ3n) is 4.37. The van der Waals surface area contributed by atoms with Gasteiger partial charge in [-0.15, -0.1) is 0 Å². The number of hydrogen-bond acceptors (Lipinski definition) is 5. The zero-order valence-corrected chi connectivity index (χ0v) is 18.2. The number of aromatic nitrogens is 1. The normalized spacial score (nSPS) is 10.7. The van der Waals surface area contributed by atoms with Crippen molar-refractivity contribution < 1.29 is 14.3 Å². The lowest BCUT2D eigenvalue weighted by Crippen LogP contribution is -2.12. The fourth-order valence-corrected chi connectivity index (χ4v) is 3.95. The number of amides is 1. The fraction of sp³-hybridized carbons (Fsp3) is 0.0870. The van der Waals surface area contributed by atoms with E-state index in [0.717, 1.165) is 21.3 Å². The van der Waals surface area contributed by atoms with Gasteiger partial charge in [0.1, 0.15) is 5.75 Å². The maximum Gasteiger partial charge on any atom is 0.257 e. The molecule has 30 heavy (non-hydrogen) atoms. The Hall–Kier alpha value is -3.03. The number of hydrogen-bond donors (Lipinski definition) is 1. The maximum absolute atomic E-state index is 12.6. The molecule has 0 aliphatic heterocycles. The van der Waals surface area contributed by atoms with Gasteiger partial charge in [0, 0.05) is 22.0 Å². The molecule has 0 aliphatic rings. The molecule has 150 valence electrons. The number of rotatable bonds is 7. The number of thiazole rings is 1. The quantitative estimate of drug-likeness (QED) is 0.278. The minimum absolute atomic E-state index is 0.0772. The lowest BCUT2D eigenvalue weighted by atomic mass is 10.0. The molecule has 7 heteroatoms. The van der Waals surface area contributed by atoms with Crippen LogP contribution in [0.1, 0.15) is 26.3 Å². The molecule has 0 unspecified atom stereocenters. The van der Waals surface area contributed by atoms with Crippen LogP contribution in [0.15, 0.2) is 72.8 Å². The van der Waals surface area contributed by atoms with Crippen LogP contribution in [0, 0.1) is 0 Å². The summed E-state index contributed by atoms with van der Waals surface area (Å²) in [6.45, 7) is 0.580. The first-order chi connectivity index (χ1) is 14.6. The summed E-state index contributed by atoms with van der Waals surface area (Å²) in [5.41, 5.74) is 2.41. The molecule has 1 N–H and O–H groups in total. The summed E-state index contributed by atoms with van der Waals surface area (Å²) < 4.78 is 6.53. The SMILES string of the molecule is O=C(Nc1nc2ccc(OCCBr)cc2s1)c1ccc(C(=O)c2ccccc2)cc1. The van der Waals surface area contributed by atoms with Gasteiger partial charge >= 0.3 is 0 Å². The molecule has 1 aromatic heterocycles. The summed E-state index contributed by atoms with van der Waals surface area (Å²) in [6.07, 6.45) is 0. The van der Waals surface area contributed by atoms with E-state index >= 15 is 0 Å². The minimum Gasteiger partial charge on any atom is -0.493 e. The van der Waals surface area contributed by atoms with E-state index in [0.29, 0.717) is 28.4 Å². The number of carbonyl (C=O) groups is 2. The second-order valence-corrected chi connectivity index (χ2v) is 8.24. The van der Waals surface area contributed by atoms with E-state index in [1.165, 1.54) is 11.3 Å². The number of ether oxygens (including phenoxy) is 1. The van der Waals surface area contributed by atoms with Gasteiger partial charge in [-0.3, -0.25) is 14.9 Å². The molecule has 4 rings (SSSR count). The van der Waals surface area contributed by atoms with Crippen molar-refractivity contribution in [1.29, 1.82) is 0 Å². The lowest BCUT2D eigenvalue weighted by molar-refractivity contribution is 0.102. The molecule has 1 heterocycles. The van der Waals surface area contributed by atoms with Crippen LogP contribution in [-0.2, 0) is 0 Å². The lowest BCUT2D eigenvalue weighted by Gasteiger charge is -2.04. The van der Waals surface area contributed by atoms with Gasteiger partial charge in [-0.1, -0.05) is 69.7 Å². The standard InChI is InChI=1S/C23H17BrN2O3S/c24-12-13-29-18-10-11-19-20(14-18)30-23(25-19)26-22(28)17-8-6-16(7-9-17)21(27)15-4-2-1-3-5-15/h1-11,14H,12-13H2,(H,25,26,28). The molecule has 5 nitrogen and oxygen atoms in total. The first kappa shape index (κ1) is 20.3. The molecule has 0 radical (unpaired) electrons. The minimum atomic E-state index is -0.275. The van der Waals surface area contributed by atoms with Crippen LogP contribution in [0.5, 0.6) is 5.75 Å². The van der Waals surface area contributed by atoms with Gasteiger partial charge in [0.15, 0.2) is 10.9 Å². The van der Waals surface area contributed by atoms with Crippen molar-refractivity contribution in [2.75, 3.05) is 17.3 Å². The van der Waals surface area contributed by atoms with Crippen molar-refractivity contribution in [3.63, 3.8) is 0 Å². The third kappa shape index (κ3) is 4.58. The second kappa shape index (κ2) is 9.19. The Labute approximate surface area is 185 Å². The summed E-state index contributed by atoms with van der Waals surface area (Å²) in [7, 11) is 0. The van der Waals surface area contributed by atoms with Crippen molar-refractivity contribution in [2.45, 2.75) is 0 Å². The van der Waals surface area contributed by atoms with Crippen LogP contribution in [0.25, 0.3) is 10.2 Å². The predicted octanol–water partition coefficient (Wildman–Crippen LogP) is 5.55. The summed E-state index contributed by atoms with van der Waals surface area (Å²) in [4.78, 5) is 29.5. The van der Waals surface area contributed by atoms with E-state index in [1.54, 1.807) is 36.4 Å². The molecular weight excluding hydrogens is 464 g/mol. The molecule has 3 aromatic carbocycles. The highest BCUT2D eigenvalue weighted by molar-refractivity contribution is 9.09. The molecule has 0 saturated carbocycles. The zero-order chi connectivity index (χ0) is 20.9. The Kier molecular flexibility index (Phi) is 6.21. The Morgan fingerprint density at radius 2 is 1.63 bits per heavy atom. The Bertz CT molecular complexity index is 1190. The smallest absolute Gasteiger partial charge is 0.257 e. The molecule has 0 bridgehead atoms.